The van der Waals surface area contributed by atoms with Crippen LogP contribution in [0.2, 0.25) is 0 Å². The Hall–Kier alpha value is -1.02. The lowest BCUT2D eigenvalue weighted by atomic mass is 10.1. The van der Waals surface area contributed by atoms with Crippen LogP contribution in [0.3, 0.4) is 0 Å². The van der Waals surface area contributed by atoms with Gasteiger partial charge in [0.15, 0.2) is 5.75 Å². The largest absolute Gasteiger partial charge is 0.357 e. The van der Waals surface area contributed by atoms with Crippen LogP contribution >= 0.6 is 44.2 Å². The van der Waals surface area contributed by atoms with E-state index < -0.39 is 5.97 Å². The first-order chi connectivity index (χ1) is 10.2. The van der Waals surface area contributed by atoms with Gasteiger partial charge in [-0.1, -0.05) is 50.6 Å². The zero-order chi connectivity index (χ0) is 15.1. The van der Waals surface area contributed by atoms with Crippen molar-refractivity contribution in [2.24, 2.45) is 0 Å². The van der Waals surface area contributed by atoms with Crippen LogP contribution in [-0.4, -0.2) is 5.97 Å². The van der Waals surface area contributed by atoms with Crippen molar-refractivity contribution in [3.63, 3.8) is 0 Å². The molecule has 0 heterocycles. The van der Waals surface area contributed by atoms with E-state index in [1.807, 2.05) is 12.1 Å². The molecule has 0 aliphatic heterocycles. The van der Waals surface area contributed by atoms with E-state index in [1.54, 1.807) is 36.4 Å². The van der Waals surface area contributed by atoms with E-state index in [4.69, 9.17) is 13.4 Å². The third-order valence-electron chi connectivity index (χ3n) is 2.45. The minimum Gasteiger partial charge on any atom is -0.357 e. The number of hydrogen-bond acceptors (Lipinski definition) is 5. The Labute approximate surface area is 143 Å². The summed E-state index contributed by atoms with van der Waals surface area (Å²) in [6.45, 7) is 0. The zero-order valence-electron chi connectivity index (χ0n) is 10.6. The van der Waals surface area contributed by atoms with Gasteiger partial charge >= 0.3 is 5.97 Å². The maximum atomic E-state index is 11.9. The molecule has 0 amide bonds. The van der Waals surface area contributed by atoms with Gasteiger partial charge in [-0.2, -0.15) is 0 Å². The van der Waals surface area contributed by atoms with Crippen LogP contribution in [0.25, 0.3) is 0 Å². The predicted molar refractivity (Wildman–Crippen MR) is 87.9 cm³/mol. The molecule has 4 nitrogen and oxygen atoms in total. The summed E-state index contributed by atoms with van der Waals surface area (Å²) < 4.78 is 10.4. The van der Waals surface area contributed by atoms with Gasteiger partial charge in [0.25, 0.3) is 12.3 Å². The summed E-state index contributed by atoms with van der Waals surface area (Å²) >= 11 is 7.19. The van der Waals surface area contributed by atoms with Crippen LogP contribution in [0.5, 0.6) is 5.75 Å². The Morgan fingerprint density at radius 3 is 2.57 bits per heavy atom. The average molecular weight is 434 g/mol. The van der Waals surface area contributed by atoms with Crippen molar-refractivity contribution in [2.75, 3.05) is 0 Å². The van der Waals surface area contributed by atoms with E-state index >= 15 is 0 Å². The molecule has 0 atom stereocenters. The summed E-state index contributed by atoms with van der Waals surface area (Å²) in [5.41, 5.74) is 1.37. The number of halogens is 2. The Balaban J connectivity index is 1.85. The van der Waals surface area contributed by atoms with Crippen molar-refractivity contribution in [1.29, 1.82) is 0 Å². The van der Waals surface area contributed by atoms with E-state index in [0.717, 1.165) is 5.56 Å². The molecule has 0 unspecified atom stereocenters. The average Bonchev–Trinajstić information content (AvgIpc) is 2.52. The predicted octanol–water partition coefficient (Wildman–Crippen LogP) is 5.07. The van der Waals surface area contributed by atoms with Crippen molar-refractivity contribution in [3.05, 3.63) is 64.1 Å². The maximum Gasteiger partial charge on any atom is 0.353 e. The van der Waals surface area contributed by atoms with Gasteiger partial charge in [0.1, 0.15) is 0 Å². The summed E-state index contributed by atoms with van der Waals surface area (Å²) in [7, 11) is 0. The van der Waals surface area contributed by atoms with Gasteiger partial charge in [0.05, 0.1) is 5.56 Å². The van der Waals surface area contributed by atoms with E-state index in [1.165, 1.54) is 0 Å². The van der Waals surface area contributed by atoms with Crippen LogP contribution in [-0.2, 0) is 13.8 Å². The monoisotopic (exact) mass is 432 g/mol. The lowest BCUT2D eigenvalue weighted by molar-refractivity contribution is -0.0850. The second-order valence-electron chi connectivity index (χ2n) is 3.82. The molecule has 0 saturated heterocycles. The van der Waals surface area contributed by atoms with Crippen LogP contribution in [0.15, 0.2) is 53.0 Å². The molecule has 21 heavy (non-hydrogen) atoms. The second-order valence-corrected chi connectivity index (χ2v) is 5.61. The first-order valence-electron chi connectivity index (χ1n) is 5.83. The molecule has 0 fully saturated rings. The molecule has 2 aromatic rings. The summed E-state index contributed by atoms with van der Waals surface area (Å²) in [6.07, 6.45) is 0. The minimum absolute atomic E-state index is 0.419. The summed E-state index contributed by atoms with van der Waals surface area (Å²) in [6, 6.07) is 14.3. The van der Waals surface area contributed by atoms with Crippen molar-refractivity contribution in [3.8, 4) is 5.75 Å². The molecule has 0 aliphatic carbocycles. The molecule has 110 valence electrons. The van der Waals surface area contributed by atoms with Crippen molar-refractivity contribution < 1.29 is 18.2 Å². The van der Waals surface area contributed by atoms with Crippen molar-refractivity contribution >= 4 is 50.2 Å². The van der Waals surface area contributed by atoms with Crippen molar-refractivity contribution in [2.45, 2.75) is 5.33 Å². The summed E-state index contributed by atoms with van der Waals surface area (Å²) in [5, 5.41) is 0.634. The van der Waals surface area contributed by atoms with Crippen LogP contribution in [0.4, 0.5) is 0 Å². The van der Waals surface area contributed by atoms with Gasteiger partial charge < -0.3 is 9.07 Å². The third-order valence-corrected chi connectivity index (χ3v) is 4.34. The molecule has 0 N–H and O–H groups in total. The van der Waals surface area contributed by atoms with Gasteiger partial charge in [-0.25, -0.2) is 4.79 Å². The minimum atomic E-state index is -0.522. The molecule has 0 spiro atoms. The smallest absolute Gasteiger partial charge is 0.353 e. The first kappa shape index (κ1) is 16.4. The second kappa shape index (κ2) is 8.43. The number of carbonyl (C=O) groups excluding carboxylic acids is 1. The fourth-order valence-electron chi connectivity index (χ4n) is 1.46. The summed E-state index contributed by atoms with van der Waals surface area (Å²) in [4.78, 5) is 16.9. The zero-order valence-corrected chi connectivity index (χ0v) is 14.6. The molecule has 0 bridgehead atoms. The molecular formula is C14H10Br2O4S. The van der Waals surface area contributed by atoms with E-state index in [9.17, 15) is 4.79 Å². The quantitative estimate of drug-likeness (QED) is 0.209. The molecule has 2 rings (SSSR count). The molecule has 2 aromatic carbocycles. The van der Waals surface area contributed by atoms with E-state index in [0.29, 0.717) is 33.4 Å². The molecule has 0 saturated carbocycles. The SMILES string of the molecule is O=C(OSOOc1ccccc1)c1cccc(CBr)c1Br. The molecule has 0 aliphatic rings. The Morgan fingerprint density at radius 1 is 1.10 bits per heavy atom. The lowest BCUT2D eigenvalue weighted by Gasteiger charge is -2.07. The first-order valence-corrected chi connectivity index (χ1v) is 8.41. The van der Waals surface area contributed by atoms with Crippen LogP contribution < -0.4 is 4.89 Å². The topological polar surface area (TPSA) is 44.8 Å². The highest BCUT2D eigenvalue weighted by Crippen LogP contribution is 2.26. The fraction of sp³-hybridized carbons (Fsp3) is 0.0714. The maximum absolute atomic E-state index is 11.9. The number of carbonyl (C=O) groups is 1. The molecule has 0 radical (unpaired) electrons. The van der Waals surface area contributed by atoms with Gasteiger partial charge in [-0.15, -0.1) is 0 Å². The van der Waals surface area contributed by atoms with Crippen molar-refractivity contribution in [1.82, 2.24) is 0 Å². The number of para-hydroxylation sites is 1. The van der Waals surface area contributed by atoms with Gasteiger partial charge in [0.2, 0.25) is 0 Å². The fourth-order valence-corrected chi connectivity index (χ4v) is 3.16. The number of rotatable bonds is 6. The van der Waals surface area contributed by atoms with Gasteiger partial charge in [-0.05, 0) is 39.7 Å². The standard InChI is InChI=1S/C14H10Br2O4S/c15-9-10-5-4-8-12(13(10)16)14(17)19-21-20-18-11-6-2-1-3-7-11/h1-8H,9H2. The normalized spacial score (nSPS) is 10.2. The molecule has 0 aromatic heterocycles. The van der Waals surface area contributed by atoms with E-state index in [-0.39, 0.29) is 0 Å². The third kappa shape index (κ3) is 4.74. The Kier molecular flexibility index (Phi) is 6.56. The molecule has 7 heteroatoms. The highest BCUT2D eigenvalue weighted by Gasteiger charge is 2.15. The van der Waals surface area contributed by atoms with Crippen LogP contribution in [0, 0.1) is 0 Å². The number of alkyl halides is 1. The van der Waals surface area contributed by atoms with Crippen LogP contribution in [0.1, 0.15) is 15.9 Å². The Bertz CT molecular complexity index is 607. The van der Waals surface area contributed by atoms with Gasteiger partial charge in [0, 0.05) is 9.80 Å². The molecular weight excluding hydrogens is 424 g/mol. The highest BCUT2D eigenvalue weighted by atomic mass is 79.9. The summed E-state index contributed by atoms with van der Waals surface area (Å²) in [5.74, 6) is -0.00477. The lowest BCUT2D eigenvalue weighted by Crippen LogP contribution is -2.03. The van der Waals surface area contributed by atoms with E-state index in [2.05, 4.69) is 31.9 Å². The Morgan fingerprint density at radius 2 is 1.86 bits per heavy atom. The van der Waals surface area contributed by atoms with Gasteiger partial charge in [-0.3, -0.25) is 0 Å². The highest BCUT2D eigenvalue weighted by molar-refractivity contribution is 9.10. The number of benzene rings is 2. The number of hydrogen-bond donors (Lipinski definition) is 0.